The van der Waals surface area contributed by atoms with Crippen molar-refractivity contribution >= 4 is 27.2 Å². The predicted molar refractivity (Wildman–Crippen MR) is 82.5 cm³/mol. The van der Waals surface area contributed by atoms with Gasteiger partial charge in [-0.3, -0.25) is 4.79 Å². The van der Waals surface area contributed by atoms with Crippen LogP contribution in [0, 0.1) is 13.8 Å². The number of hydrogen-bond donors (Lipinski definition) is 0. The number of aromatic nitrogens is 2. The van der Waals surface area contributed by atoms with Crippen LogP contribution in [-0.2, 0) is 6.54 Å². The minimum absolute atomic E-state index is 0.219. The number of Topliss-reactive ketones (excluding diaryl/α,β-unsaturated/α-hetero) is 1. The van der Waals surface area contributed by atoms with Gasteiger partial charge in [-0.25, -0.2) is 4.98 Å². The fourth-order valence-corrected chi connectivity index (χ4v) is 3.59. The fraction of sp³-hybridized carbons (Fsp3) is 0.250. The summed E-state index contributed by atoms with van der Waals surface area (Å²) in [5.41, 5.74) is 1.11. The molecule has 0 aliphatic rings. The summed E-state index contributed by atoms with van der Waals surface area (Å²) in [5, 5.41) is 1.19. The van der Waals surface area contributed by atoms with E-state index in [0.29, 0.717) is 13.0 Å². The van der Waals surface area contributed by atoms with E-state index in [0.717, 1.165) is 16.3 Å². The van der Waals surface area contributed by atoms with Gasteiger partial charge in [0.15, 0.2) is 5.78 Å². The van der Waals surface area contributed by atoms with E-state index >= 15 is 0 Å². The lowest BCUT2D eigenvalue weighted by atomic mass is 10.1. The summed E-state index contributed by atoms with van der Waals surface area (Å²) in [6, 6.07) is 8.19. The van der Waals surface area contributed by atoms with Crippen molar-refractivity contribution in [3.05, 3.63) is 52.9 Å². The minimum atomic E-state index is 0.219. The Labute approximate surface area is 121 Å². The van der Waals surface area contributed by atoms with E-state index in [1.807, 2.05) is 36.7 Å². The number of fused-ring (bicyclic) bond motifs is 1. The third-order valence-electron chi connectivity index (χ3n) is 3.60. The van der Waals surface area contributed by atoms with Gasteiger partial charge in [-0.15, -0.1) is 11.3 Å². The number of aryl methyl sites for hydroxylation is 3. The number of nitrogens with zero attached hydrogens (tertiary/aromatic N) is 2. The number of rotatable bonds is 4. The molecule has 0 aliphatic heterocycles. The van der Waals surface area contributed by atoms with Gasteiger partial charge in [0, 0.05) is 30.1 Å². The molecule has 0 amide bonds. The zero-order valence-electron chi connectivity index (χ0n) is 11.6. The molecule has 0 bridgehead atoms. The van der Waals surface area contributed by atoms with Gasteiger partial charge in [0.05, 0.1) is 4.88 Å². The Bertz CT molecular complexity index is 770. The first-order valence-corrected chi connectivity index (χ1v) is 7.47. The van der Waals surface area contributed by atoms with Crippen LogP contribution < -0.4 is 0 Å². The second-order valence-electron chi connectivity index (χ2n) is 4.89. The first-order valence-electron chi connectivity index (χ1n) is 6.66. The molecular weight excluding hydrogens is 268 g/mol. The van der Waals surface area contributed by atoms with Gasteiger partial charge in [-0.05, 0) is 30.9 Å². The molecule has 2 aromatic heterocycles. The van der Waals surface area contributed by atoms with Crippen molar-refractivity contribution in [1.29, 1.82) is 0 Å². The third-order valence-corrected chi connectivity index (χ3v) is 4.91. The van der Waals surface area contributed by atoms with Crippen molar-refractivity contribution in [3.63, 3.8) is 0 Å². The highest BCUT2D eigenvalue weighted by Crippen LogP contribution is 2.31. The Balaban J connectivity index is 1.82. The molecule has 2 heterocycles. The molecule has 3 aromatic rings. The Morgan fingerprint density at radius 1 is 1.30 bits per heavy atom. The zero-order chi connectivity index (χ0) is 14.1. The fourth-order valence-electron chi connectivity index (χ4n) is 2.42. The molecule has 0 radical (unpaired) electrons. The van der Waals surface area contributed by atoms with E-state index in [1.165, 1.54) is 10.1 Å². The van der Waals surface area contributed by atoms with Gasteiger partial charge < -0.3 is 4.57 Å². The van der Waals surface area contributed by atoms with Crippen LogP contribution in [0.1, 0.15) is 27.5 Å². The first-order chi connectivity index (χ1) is 9.66. The van der Waals surface area contributed by atoms with Crippen molar-refractivity contribution in [1.82, 2.24) is 9.55 Å². The molecule has 0 atom stereocenters. The van der Waals surface area contributed by atoms with E-state index in [2.05, 4.69) is 17.1 Å². The van der Waals surface area contributed by atoms with Gasteiger partial charge >= 0.3 is 0 Å². The van der Waals surface area contributed by atoms with Crippen LogP contribution >= 0.6 is 11.3 Å². The molecule has 0 fully saturated rings. The van der Waals surface area contributed by atoms with E-state index in [9.17, 15) is 4.79 Å². The summed E-state index contributed by atoms with van der Waals surface area (Å²) in [4.78, 5) is 17.5. The van der Waals surface area contributed by atoms with Gasteiger partial charge in [0.1, 0.15) is 5.82 Å². The number of carbonyl (C=O) groups is 1. The van der Waals surface area contributed by atoms with Crippen molar-refractivity contribution in [3.8, 4) is 0 Å². The largest absolute Gasteiger partial charge is 0.335 e. The summed E-state index contributed by atoms with van der Waals surface area (Å²) < 4.78 is 3.20. The van der Waals surface area contributed by atoms with Crippen LogP contribution in [0.25, 0.3) is 10.1 Å². The maximum Gasteiger partial charge on any atom is 0.174 e. The second kappa shape index (κ2) is 5.21. The number of hydrogen-bond acceptors (Lipinski definition) is 3. The van der Waals surface area contributed by atoms with Crippen LogP contribution in [0.4, 0.5) is 0 Å². The molecule has 0 unspecified atom stereocenters. The molecule has 4 heteroatoms. The monoisotopic (exact) mass is 284 g/mol. The van der Waals surface area contributed by atoms with E-state index in [-0.39, 0.29) is 5.78 Å². The van der Waals surface area contributed by atoms with Crippen molar-refractivity contribution < 1.29 is 4.79 Å². The molecule has 0 saturated heterocycles. The minimum Gasteiger partial charge on any atom is -0.335 e. The molecule has 1 aromatic carbocycles. The number of carbonyl (C=O) groups excluding carboxylic acids is 1. The van der Waals surface area contributed by atoms with Crippen LogP contribution in [0.15, 0.2) is 36.7 Å². The SMILES string of the molecule is Cc1c(C(=O)CCn2ccnc2C)sc2ccccc12. The Morgan fingerprint density at radius 3 is 2.80 bits per heavy atom. The predicted octanol–water partition coefficient (Wildman–Crippen LogP) is 3.99. The summed E-state index contributed by atoms with van der Waals surface area (Å²) in [6.07, 6.45) is 4.20. The normalized spacial score (nSPS) is 11.1. The molecule has 3 rings (SSSR count). The first kappa shape index (κ1) is 13.1. The molecule has 20 heavy (non-hydrogen) atoms. The van der Waals surface area contributed by atoms with Gasteiger partial charge in [-0.2, -0.15) is 0 Å². The topological polar surface area (TPSA) is 34.9 Å². The molecule has 3 nitrogen and oxygen atoms in total. The van der Waals surface area contributed by atoms with Crippen LogP contribution in [0.3, 0.4) is 0 Å². The quantitative estimate of drug-likeness (QED) is 0.679. The molecule has 0 N–H and O–H groups in total. The highest BCUT2D eigenvalue weighted by molar-refractivity contribution is 7.21. The van der Waals surface area contributed by atoms with Crippen molar-refractivity contribution in [2.75, 3.05) is 0 Å². The summed E-state index contributed by atoms with van der Waals surface area (Å²) in [5.74, 6) is 1.17. The van der Waals surface area contributed by atoms with Crippen LogP contribution in [-0.4, -0.2) is 15.3 Å². The molecular formula is C16H16N2OS. The maximum absolute atomic E-state index is 12.4. The zero-order valence-corrected chi connectivity index (χ0v) is 12.4. The molecule has 0 spiro atoms. The highest BCUT2D eigenvalue weighted by atomic mass is 32.1. The number of thiophene rings is 1. The highest BCUT2D eigenvalue weighted by Gasteiger charge is 2.15. The second-order valence-corrected chi connectivity index (χ2v) is 5.95. The summed E-state index contributed by atoms with van der Waals surface area (Å²) >= 11 is 1.60. The van der Waals surface area contributed by atoms with Crippen molar-refractivity contribution in [2.24, 2.45) is 0 Å². The third kappa shape index (κ3) is 2.27. The smallest absolute Gasteiger partial charge is 0.174 e. The Morgan fingerprint density at radius 2 is 2.10 bits per heavy atom. The average molecular weight is 284 g/mol. The van der Waals surface area contributed by atoms with Crippen LogP contribution in [0.2, 0.25) is 0 Å². The number of imidazole rings is 1. The standard InChI is InChI=1S/C16H16N2OS/c1-11-13-5-3-4-6-15(13)20-16(11)14(19)7-9-18-10-8-17-12(18)2/h3-6,8,10H,7,9H2,1-2H3. The van der Waals surface area contributed by atoms with E-state index in [4.69, 9.17) is 0 Å². The van der Waals surface area contributed by atoms with Crippen LogP contribution in [0.5, 0.6) is 0 Å². The lowest BCUT2D eigenvalue weighted by Crippen LogP contribution is -2.06. The van der Waals surface area contributed by atoms with Gasteiger partial charge in [0.2, 0.25) is 0 Å². The maximum atomic E-state index is 12.4. The Hall–Kier alpha value is -1.94. The number of benzene rings is 1. The summed E-state index contributed by atoms with van der Waals surface area (Å²) in [7, 11) is 0. The Kier molecular flexibility index (Phi) is 3.40. The van der Waals surface area contributed by atoms with Gasteiger partial charge in [0.25, 0.3) is 0 Å². The molecule has 0 aliphatic carbocycles. The lowest BCUT2D eigenvalue weighted by molar-refractivity contribution is 0.0980. The van der Waals surface area contributed by atoms with Crippen molar-refractivity contribution in [2.45, 2.75) is 26.8 Å². The lowest BCUT2D eigenvalue weighted by Gasteiger charge is -2.04. The number of ketones is 1. The molecule has 0 saturated carbocycles. The molecule has 102 valence electrons. The summed E-state index contributed by atoms with van der Waals surface area (Å²) in [6.45, 7) is 4.68. The average Bonchev–Trinajstić information content (AvgIpc) is 3.01. The van der Waals surface area contributed by atoms with Gasteiger partial charge in [-0.1, -0.05) is 18.2 Å². The van der Waals surface area contributed by atoms with E-state index in [1.54, 1.807) is 17.5 Å². The van der Waals surface area contributed by atoms with E-state index < -0.39 is 0 Å².